The van der Waals surface area contributed by atoms with E-state index in [2.05, 4.69) is 4.98 Å². The van der Waals surface area contributed by atoms with Crippen LogP contribution < -0.4 is 10.1 Å². The smallest absolute Gasteiger partial charge is 0.397 e. The van der Waals surface area contributed by atoms with E-state index in [1.165, 1.54) is 0 Å². The number of halogens is 2. The van der Waals surface area contributed by atoms with Crippen LogP contribution in [0.5, 0.6) is 5.75 Å². The van der Waals surface area contributed by atoms with Gasteiger partial charge in [0, 0.05) is 28.3 Å². The molecule has 0 unspecified atom stereocenters. The van der Waals surface area contributed by atoms with Gasteiger partial charge in [-0.25, -0.2) is 0 Å². The summed E-state index contributed by atoms with van der Waals surface area (Å²) in [5.74, 6) is 0.730. The maximum Gasteiger partial charge on any atom is 0.397 e. The van der Waals surface area contributed by atoms with Crippen molar-refractivity contribution in [2.45, 2.75) is 20.2 Å². The summed E-state index contributed by atoms with van der Waals surface area (Å²) >= 11 is 12.6. The highest BCUT2D eigenvalue weighted by molar-refractivity contribution is 6.67. The molecule has 0 atom stereocenters. The summed E-state index contributed by atoms with van der Waals surface area (Å²) in [6, 6.07) is 17.6. The first kappa shape index (κ1) is 17.8. The SMILES string of the molecule is Cc1ccc(OB(Cc2ccccn2)c2ccc(C)c(Cl)c2)cc1Cl. The molecule has 25 heavy (non-hydrogen) atoms. The molecule has 0 radical (unpaired) electrons. The monoisotopic (exact) mass is 369 g/mol. The predicted octanol–water partition coefficient (Wildman–Crippen LogP) is 5.06. The van der Waals surface area contributed by atoms with E-state index in [0.717, 1.165) is 33.1 Å². The zero-order valence-corrected chi connectivity index (χ0v) is 15.7. The molecular weight excluding hydrogens is 352 g/mol. The van der Waals surface area contributed by atoms with Crippen LogP contribution in [-0.4, -0.2) is 11.9 Å². The molecule has 0 saturated carbocycles. The van der Waals surface area contributed by atoms with E-state index >= 15 is 0 Å². The molecule has 0 bridgehead atoms. The molecule has 3 aromatic rings. The number of hydrogen-bond donors (Lipinski definition) is 0. The van der Waals surface area contributed by atoms with Crippen molar-refractivity contribution < 1.29 is 4.65 Å². The number of aryl methyl sites for hydroxylation is 2. The Kier molecular flexibility index (Phi) is 5.67. The van der Waals surface area contributed by atoms with Gasteiger partial charge in [0.2, 0.25) is 0 Å². The van der Waals surface area contributed by atoms with Gasteiger partial charge in [-0.15, -0.1) is 0 Å². The lowest BCUT2D eigenvalue weighted by Gasteiger charge is -2.17. The summed E-state index contributed by atoms with van der Waals surface area (Å²) in [6.45, 7) is 3.75. The molecule has 0 fully saturated rings. The molecule has 0 amide bonds. The molecule has 0 aliphatic heterocycles. The normalized spacial score (nSPS) is 10.6. The van der Waals surface area contributed by atoms with Gasteiger partial charge in [-0.05, 0) is 60.8 Å². The van der Waals surface area contributed by atoms with Gasteiger partial charge in [-0.3, -0.25) is 4.98 Å². The number of rotatable bonds is 5. The van der Waals surface area contributed by atoms with Gasteiger partial charge in [-0.1, -0.05) is 47.5 Å². The van der Waals surface area contributed by atoms with Crippen molar-refractivity contribution in [3.05, 3.63) is 87.7 Å². The summed E-state index contributed by atoms with van der Waals surface area (Å²) in [7, 11) is 0. The number of nitrogens with zero attached hydrogens (tertiary/aromatic N) is 1. The van der Waals surface area contributed by atoms with Crippen molar-refractivity contribution in [3.8, 4) is 5.75 Å². The first-order chi connectivity index (χ1) is 12.0. The second-order valence-electron chi connectivity index (χ2n) is 6.05. The highest BCUT2D eigenvalue weighted by Gasteiger charge is 2.23. The molecule has 0 spiro atoms. The predicted molar refractivity (Wildman–Crippen MR) is 106 cm³/mol. The van der Waals surface area contributed by atoms with Crippen molar-refractivity contribution in [1.82, 2.24) is 4.98 Å². The van der Waals surface area contributed by atoms with Gasteiger partial charge < -0.3 is 4.65 Å². The average molecular weight is 370 g/mol. The molecule has 126 valence electrons. The maximum atomic E-state index is 6.32. The lowest BCUT2D eigenvalue weighted by atomic mass is 9.57. The Balaban J connectivity index is 1.92. The van der Waals surface area contributed by atoms with Crippen LogP contribution in [0.15, 0.2) is 60.8 Å². The lowest BCUT2D eigenvalue weighted by Crippen LogP contribution is -2.39. The Morgan fingerprint density at radius 2 is 1.64 bits per heavy atom. The summed E-state index contributed by atoms with van der Waals surface area (Å²) < 4.78 is 6.25. The zero-order valence-electron chi connectivity index (χ0n) is 14.2. The Morgan fingerprint density at radius 3 is 2.28 bits per heavy atom. The van der Waals surface area contributed by atoms with Crippen molar-refractivity contribution in [3.63, 3.8) is 0 Å². The third-order valence-electron chi connectivity index (χ3n) is 4.11. The van der Waals surface area contributed by atoms with Gasteiger partial charge in [-0.2, -0.15) is 0 Å². The quantitative estimate of drug-likeness (QED) is 0.586. The van der Waals surface area contributed by atoms with Crippen LogP contribution in [0.4, 0.5) is 0 Å². The zero-order chi connectivity index (χ0) is 17.8. The fourth-order valence-corrected chi connectivity index (χ4v) is 2.92. The molecule has 2 nitrogen and oxygen atoms in total. The third kappa shape index (κ3) is 4.56. The molecule has 0 aliphatic carbocycles. The Labute approximate surface area is 158 Å². The standard InChI is InChI=1S/C20H18BCl2NO/c1-14-6-8-16(11-19(14)22)21(13-17-5-3-4-10-24-17)25-18-9-7-15(2)20(23)12-18/h3-12H,13H2,1-2H3. The topological polar surface area (TPSA) is 22.1 Å². The minimum absolute atomic E-state index is 0.202. The van der Waals surface area contributed by atoms with E-state index in [-0.39, 0.29) is 6.92 Å². The van der Waals surface area contributed by atoms with Crippen molar-refractivity contribution in [1.29, 1.82) is 0 Å². The number of pyridine rings is 1. The fraction of sp³-hybridized carbons (Fsp3) is 0.150. The second-order valence-corrected chi connectivity index (χ2v) is 6.87. The summed E-state index contributed by atoms with van der Waals surface area (Å²) in [5.41, 5.74) is 4.04. The largest absolute Gasteiger partial charge is 0.555 e. The molecule has 3 rings (SSSR count). The molecule has 0 aliphatic rings. The van der Waals surface area contributed by atoms with Crippen LogP contribution >= 0.6 is 23.2 Å². The van der Waals surface area contributed by atoms with Crippen LogP contribution in [0.1, 0.15) is 16.8 Å². The van der Waals surface area contributed by atoms with Crippen molar-refractivity contribution >= 4 is 35.6 Å². The van der Waals surface area contributed by atoms with Crippen molar-refractivity contribution in [2.75, 3.05) is 0 Å². The number of aromatic nitrogens is 1. The van der Waals surface area contributed by atoms with Gasteiger partial charge in [0.1, 0.15) is 5.75 Å². The number of benzene rings is 2. The van der Waals surface area contributed by atoms with Crippen LogP contribution in [0.25, 0.3) is 0 Å². The average Bonchev–Trinajstić information content (AvgIpc) is 2.61. The maximum absolute atomic E-state index is 6.32. The molecule has 0 N–H and O–H groups in total. The van der Waals surface area contributed by atoms with Gasteiger partial charge >= 0.3 is 6.92 Å². The van der Waals surface area contributed by atoms with Gasteiger partial charge in [0.25, 0.3) is 0 Å². The van der Waals surface area contributed by atoms with E-state index in [9.17, 15) is 0 Å². The first-order valence-corrected chi connectivity index (χ1v) is 8.87. The summed E-state index contributed by atoms with van der Waals surface area (Å²) in [5, 5.41) is 1.42. The van der Waals surface area contributed by atoms with Crippen molar-refractivity contribution in [2.24, 2.45) is 0 Å². The second kappa shape index (κ2) is 7.94. The first-order valence-electron chi connectivity index (χ1n) is 8.11. The fourth-order valence-electron chi connectivity index (χ4n) is 2.56. The van der Waals surface area contributed by atoms with Crippen LogP contribution in [0, 0.1) is 13.8 Å². The Morgan fingerprint density at radius 1 is 0.920 bits per heavy atom. The summed E-state index contributed by atoms with van der Waals surface area (Å²) in [6.07, 6.45) is 2.43. The molecular formula is C20H18BCl2NO. The number of hydrogen-bond acceptors (Lipinski definition) is 2. The van der Waals surface area contributed by atoms with Gasteiger partial charge in [0.15, 0.2) is 0 Å². The van der Waals surface area contributed by atoms with Crippen LogP contribution in [-0.2, 0) is 6.32 Å². The van der Waals surface area contributed by atoms with E-state index in [4.69, 9.17) is 27.9 Å². The molecule has 1 aromatic heterocycles. The van der Waals surface area contributed by atoms with E-state index < -0.39 is 0 Å². The van der Waals surface area contributed by atoms with E-state index in [1.54, 1.807) is 6.20 Å². The highest BCUT2D eigenvalue weighted by atomic mass is 35.5. The van der Waals surface area contributed by atoms with Gasteiger partial charge in [0.05, 0.1) is 0 Å². The Hall–Kier alpha value is -1.97. The van der Waals surface area contributed by atoms with Crippen LogP contribution in [0.2, 0.25) is 10.0 Å². The molecule has 5 heteroatoms. The van der Waals surface area contributed by atoms with E-state index in [0.29, 0.717) is 11.3 Å². The van der Waals surface area contributed by atoms with Crippen LogP contribution in [0.3, 0.4) is 0 Å². The van der Waals surface area contributed by atoms with E-state index in [1.807, 2.05) is 68.4 Å². The minimum Gasteiger partial charge on any atom is -0.555 e. The lowest BCUT2D eigenvalue weighted by molar-refractivity contribution is 0.576. The molecule has 1 heterocycles. The summed E-state index contributed by atoms with van der Waals surface area (Å²) in [4.78, 5) is 4.42. The molecule has 2 aromatic carbocycles. The highest BCUT2D eigenvalue weighted by Crippen LogP contribution is 2.23. The molecule has 0 saturated heterocycles. The Bertz CT molecular complexity index is 871. The third-order valence-corrected chi connectivity index (χ3v) is 4.92. The minimum atomic E-state index is -0.202.